The van der Waals surface area contributed by atoms with Gasteiger partial charge in [0.15, 0.2) is 0 Å². The molecule has 146 valence electrons. The molecule has 0 heteroatoms. The first kappa shape index (κ1) is 20.4. The van der Waals surface area contributed by atoms with Crippen molar-refractivity contribution < 1.29 is 0 Å². The molecule has 28 heavy (non-hydrogen) atoms. The van der Waals surface area contributed by atoms with Gasteiger partial charge in [-0.15, -0.1) is 0 Å². The summed E-state index contributed by atoms with van der Waals surface area (Å²) in [4.78, 5) is 0. The highest BCUT2D eigenvalue weighted by molar-refractivity contribution is 5.34. The average Bonchev–Trinajstić information content (AvgIpc) is 2.63. The van der Waals surface area contributed by atoms with Crippen LogP contribution in [0.1, 0.15) is 57.0 Å². The zero-order valence-electron chi connectivity index (χ0n) is 18.2. The monoisotopic (exact) mass is 370 g/mol. The summed E-state index contributed by atoms with van der Waals surface area (Å²) in [5, 5.41) is 0. The molecular formula is C28H34. The van der Waals surface area contributed by atoms with E-state index >= 15 is 0 Å². The molecule has 0 aliphatic rings. The number of aryl methyl sites for hydroxylation is 9. The first-order valence-corrected chi connectivity index (χ1v) is 10.7. The van der Waals surface area contributed by atoms with Gasteiger partial charge in [-0.2, -0.15) is 0 Å². The lowest BCUT2D eigenvalue weighted by Gasteiger charge is -2.11. The Morgan fingerprint density at radius 3 is 1.00 bits per heavy atom. The third kappa shape index (κ3) is 5.83. The second kappa shape index (κ2) is 9.24. The summed E-state index contributed by atoms with van der Waals surface area (Å²) in [6, 6.07) is 21.1. The van der Waals surface area contributed by atoms with Crippen molar-refractivity contribution in [1.82, 2.24) is 0 Å². The molecule has 0 bridgehead atoms. The summed E-state index contributed by atoms with van der Waals surface area (Å²) in [6.07, 6.45) is 5.58. The zero-order chi connectivity index (χ0) is 20.1. The first-order chi connectivity index (χ1) is 13.4. The molecule has 0 nitrogen and oxygen atoms in total. The van der Waals surface area contributed by atoms with Crippen LogP contribution in [0.3, 0.4) is 0 Å². The van der Waals surface area contributed by atoms with Crippen LogP contribution >= 0.6 is 0 Å². The molecule has 0 N–H and O–H groups in total. The Labute approximate surface area is 171 Å². The van der Waals surface area contributed by atoms with E-state index in [2.05, 4.69) is 89.2 Å². The SMILES string of the molecule is CCc1cc(CCc2cc(C)cc(C)c2)cc(CCc2cc(C)cc(C)c2)c1. The highest BCUT2D eigenvalue weighted by Crippen LogP contribution is 2.18. The van der Waals surface area contributed by atoms with E-state index in [0.717, 1.165) is 32.1 Å². The van der Waals surface area contributed by atoms with E-state index in [1.807, 2.05) is 0 Å². The third-order valence-electron chi connectivity index (χ3n) is 5.49. The topological polar surface area (TPSA) is 0 Å². The predicted molar refractivity (Wildman–Crippen MR) is 122 cm³/mol. The van der Waals surface area contributed by atoms with Crippen LogP contribution in [0.25, 0.3) is 0 Å². The molecule has 3 rings (SSSR count). The van der Waals surface area contributed by atoms with Crippen LogP contribution in [0.4, 0.5) is 0 Å². The quantitative estimate of drug-likeness (QED) is 0.418. The molecule has 0 unspecified atom stereocenters. The molecule has 3 aromatic rings. The van der Waals surface area contributed by atoms with Gasteiger partial charge in [0.2, 0.25) is 0 Å². The highest BCUT2D eigenvalue weighted by Gasteiger charge is 2.04. The van der Waals surface area contributed by atoms with E-state index in [-0.39, 0.29) is 0 Å². The van der Waals surface area contributed by atoms with E-state index in [1.54, 1.807) is 0 Å². The lowest BCUT2D eigenvalue weighted by molar-refractivity contribution is 0.917. The van der Waals surface area contributed by atoms with Gasteiger partial charge in [0.1, 0.15) is 0 Å². The molecular weight excluding hydrogens is 336 g/mol. The molecule has 0 fully saturated rings. The summed E-state index contributed by atoms with van der Waals surface area (Å²) >= 11 is 0. The Kier molecular flexibility index (Phi) is 6.73. The minimum Gasteiger partial charge on any atom is -0.0613 e. The molecule has 0 saturated carbocycles. The van der Waals surface area contributed by atoms with E-state index in [4.69, 9.17) is 0 Å². The van der Waals surface area contributed by atoms with Crippen molar-refractivity contribution in [3.63, 3.8) is 0 Å². The molecule has 0 amide bonds. The van der Waals surface area contributed by atoms with Gasteiger partial charge in [0.05, 0.1) is 0 Å². The van der Waals surface area contributed by atoms with Crippen LogP contribution in [0.2, 0.25) is 0 Å². The maximum absolute atomic E-state index is 2.43. The second-order valence-electron chi connectivity index (χ2n) is 8.50. The van der Waals surface area contributed by atoms with Crippen LogP contribution in [0.15, 0.2) is 54.6 Å². The van der Waals surface area contributed by atoms with Gasteiger partial charge in [-0.3, -0.25) is 0 Å². The summed E-state index contributed by atoms with van der Waals surface area (Å²) in [5.41, 5.74) is 12.8. The van der Waals surface area contributed by atoms with Crippen molar-refractivity contribution in [3.8, 4) is 0 Å². The molecule has 0 spiro atoms. The van der Waals surface area contributed by atoms with Gasteiger partial charge in [-0.05, 0) is 87.6 Å². The fraction of sp³-hybridized carbons (Fsp3) is 0.357. The minimum absolute atomic E-state index is 1.11. The normalized spacial score (nSPS) is 11.0. The lowest BCUT2D eigenvalue weighted by atomic mass is 9.94. The van der Waals surface area contributed by atoms with Crippen LogP contribution < -0.4 is 0 Å². The van der Waals surface area contributed by atoms with Crippen molar-refractivity contribution in [2.75, 3.05) is 0 Å². The maximum atomic E-state index is 2.43. The summed E-state index contributed by atoms with van der Waals surface area (Å²) in [6.45, 7) is 11.0. The lowest BCUT2D eigenvalue weighted by Crippen LogP contribution is -1.99. The van der Waals surface area contributed by atoms with Crippen molar-refractivity contribution in [2.24, 2.45) is 0 Å². The Bertz CT molecular complexity index is 832. The van der Waals surface area contributed by atoms with Crippen molar-refractivity contribution in [1.29, 1.82) is 0 Å². The Morgan fingerprint density at radius 1 is 0.393 bits per heavy atom. The van der Waals surface area contributed by atoms with Gasteiger partial charge < -0.3 is 0 Å². The summed E-state index contributed by atoms with van der Waals surface area (Å²) < 4.78 is 0. The third-order valence-corrected chi connectivity index (χ3v) is 5.49. The Morgan fingerprint density at radius 2 is 0.679 bits per heavy atom. The highest BCUT2D eigenvalue weighted by atomic mass is 14.1. The molecule has 0 saturated heterocycles. The van der Waals surface area contributed by atoms with Gasteiger partial charge in [0.25, 0.3) is 0 Å². The van der Waals surface area contributed by atoms with Gasteiger partial charge in [0, 0.05) is 0 Å². The minimum atomic E-state index is 1.11. The predicted octanol–water partition coefficient (Wildman–Crippen LogP) is 7.05. The molecule has 0 heterocycles. The van der Waals surface area contributed by atoms with Crippen LogP contribution in [0, 0.1) is 27.7 Å². The van der Waals surface area contributed by atoms with Gasteiger partial charge >= 0.3 is 0 Å². The van der Waals surface area contributed by atoms with Crippen LogP contribution in [-0.4, -0.2) is 0 Å². The molecule has 0 aliphatic heterocycles. The van der Waals surface area contributed by atoms with E-state index in [9.17, 15) is 0 Å². The number of hydrogen-bond donors (Lipinski definition) is 0. The largest absolute Gasteiger partial charge is 0.0613 e. The summed E-state index contributed by atoms with van der Waals surface area (Å²) in [5.74, 6) is 0. The smallest absolute Gasteiger partial charge is 0.0238 e. The van der Waals surface area contributed by atoms with Gasteiger partial charge in [-0.25, -0.2) is 0 Å². The van der Waals surface area contributed by atoms with E-state index < -0.39 is 0 Å². The maximum Gasteiger partial charge on any atom is -0.0238 e. The van der Waals surface area contributed by atoms with Gasteiger partial charge in [-0.1, -0.05) is 83.8 Å². The van der Waals surface area contributed by atoms with Crippen molar-refractivity contribution in [2.45, 2.75) is 66.7 Å². The van der Waals surface area contributed by atoms with Crippen LogP contribution in [0.5, 0.6) is 0 Å². The molecule has 0 radical (unpaired) electrons. The second-order valence-corrected chi connectivity index (χ2v) is 8.50. The molecule has 0 atom stereocenters. The number of benzene rings is 3. The molecule has 0 aromatic heterocycles. The van der Waals surface area contributed by atoms with Crippen molar-refractivity contribution >= 4 is 0 Å². The summed E-state index contributed by atoms with van der Waals surface area (Å²) in [7, 11) is 0. The van der Waals surface area contributed by atoms with E-state index in [1.165, 1.54) is 50.1 Å². The van der Waals surface area contributed by atoms with E-state index in [0.29, 0.717) is 0 Å². The molecule has 0 aliphatic carbocycles. The molecule has 3 aromatic carbocycles. The standard InChI is InChI=1S/C28H34/c1-6-24-17-27(9-7-25-13-20(2)11-21(3)14-25)19-28(18-24)10-8-26-15-22(4)12-23(5)16-26/h11-19H,6-10H2,1-5H3. The number of hydrogen-bond acceptors (Lipinski definition) is 0. The fourth-order valence-electron chi connectivity index (χ4n) is 4.34. The van der Waals surface area contributed by atoms with Crippen LogP contribution in [-0.2, 0) is 32.1 Å². The fourth-order valence-corrected chi connectivity index (χ4v) is 4.34. The van der Waals surface area contributed by atoms with Crippen molar-refractivity contribution in [3.05, 3.63) is 105 Å². The first-order valence-electron chi connectivity index (χ1n) is 10.7. The Balaban J connectivity index is 1.72. The Hall–Kier alpha value is -2.34. The number of rotatable bonds is 7. The average molecular weight is 371 g/mol. The zero-order valence-corrected chi connectivity index (χ0v) is 18.2.